The maximum atomic E-state index is 5.47. The molecule has 3 heterocycles. The lowest BCUT2D eigenvalue weighted by molar-refractivity contribution is 0.0858. The molecule has 1 unspecified atom stereocenters. The van der Waals surface area contributed by atoms with Gasteiger partial charge in [-0.1, -0.05) is 5.16 Å². The third-order valence-electron chi connectivity index (χ3n) is 4.82. The fourth-order valence-electron chi connectivity index (χ4n) is 3.05. The lowest BCUT2D eigenvalue weighted by Crippen LogP contribution is -2.47. The largest absolute Gasteiger partial charge is 0.338 e. The van der Waals surface area contributed by atoms with Gasteiger partial charge in [0.2, 0.25) is 5.89 Å². The Kier molecular flexibility index (Phi) is 4.09. The first kappa shape index (κ1) is 14.8. The monoisotopic (exact) mass is 317 g/mol. The molecule has 124 valence electrons. The summed E-state index contributed by atoms with van der Waals surface area (Å²) in [6.45, 7) is 8.24. The highest BCUT2D eigenvalue weighted by Crippen LogP contribution is 2.38. The van der Waals surface area contributed by atoms with Crippen LogP contribution in [-0.4, -0.2) is 67.4 Å². The number of hydrogen-bond acceptors (Lipinski definition) is 7. The third-order valence-corrected chi connectivity index (χ3v) is 4.82. The van der Waals surface area contributed by atoms with Crippen molar-refractivity contribution in [3.8, 4) is 0 Å². The van der Waals surface area contributed by atoms with Gasteiger partial charge >= 0.3 is 0 Å². The van der Waals surface area contributed by atoms with E-state index in [2.05, 4.69) is 36.9 Å². The zero-order valence-electron chi connectivity index (χ0n) is 13.5. The van der Waals surface area contributed by atoms with Crippen molar-refractivity contribution in [3.63, 3.8) is 0 Å². The van der Waals surface area contributed by atoms with Crippen LogP contribution in [0.5, 0.6) is 0 Å². The van der Waals surface area contributed by atoms with Gasteiger partial charge in [0, 0.05) is 38.6 Å². The van der Waals surface area contributed by atoms with E-state index >= 15 is 0 Å². The second-order valence-electron chi connectivity index (χ2n) is 6.48. The summed E-state index contributed by atoms with van der Waals surface area (Å²) in [5.74, 6) is 2.22. The lowest BCUT2D eigenvalue weighted by atomic mass is 10.2. The maximum absolute atomic E-state index is 5.47. The normalized spacial score (nSPS) is 21.6. The van der Waals surface area contributed by atoms with Crippen LogP contribution in [0.2, 0.25) is 0 Å². The minimum atomic E-state index is 0.201. The lowest BCUT2D eigenvalue weighted by Gasteiger charge is -2.36. The van der Waals surface area contributed by atoms with Crippen molar-refractivity contribution in [1.29, 1.82) is 0 Å². The van der Waals surface area contributed by atoms with Crippen LogP contribution in [0, 0.1) is 0 Å². The molecule has 2 aromatic rings. The van der Waals surface area contributed by atoms with Crippen LogP contribution >= 0.6 is 0 Å². The number of piperazine rings is 1. The van der Waals surface area contributed by atoms with E-state index in [1.54, 1.807) is 12.7 Å². The Hall–Kier alpha value is -1.80. The Morgan fingerprint density at radius 2 is 2.04 bits per heavy atom. The number of hydrogen-bond donors (Lipinski definition) is 0. The minimum Gasteiger partial charge on any atom is -0.338 e. The van der Waals surface area contributed by atoms with Gasteiger partial charge in [0.1, 0.15) is 12.7 Å². The summed E-state index contributed by atoms with van der Waals surface area (Å²) < 4.78 is 7.35. The van der Waals surface area contributed by atoms with Gasteiger partial charge in [-0.25, -0.2) is 4.98 Å². The van der Waals surface area contributed by atoms with Gasteiger partial charge < -0.3 is 4.52 Å². The highest BCUT2D eigenvalue weighted by molar-refractivity contribution is 5.04. The van der Waals surface area contributed by atoms with E-state index in [1.165, 1.54) is 12.8 Å². The number of rotatable bonds is 6. The molecule has 23 heavy (non-hydrogen) atoms. The van der Waals surface area contributed by atoms with Crippen molar-refractivity contribution >= 4 is 0 Å². The molecule has 1 aliphatic heterocycles. The minimum absolute atomic E-state index is 0.201. The molecule has 2 aromatic heterocycles. The van der Waals surface area contributed by atoms with Gasteiger partial charge in [0.05, 0.1) is 12.6 Å². The van der Waals surface area contributed by atoms with Gasteiger partial charge in [-0.2, -0.15) is 10.1 Å². The molecule has 1 saturated heterocycles. The van der Waals surface area contributed by atoms with Gasteiger partial charge in [-0.3, -0.25) is 14.5 Å². The van der Waals surface area contributed by atoms with E-state index in [4.69, 9.17) is 4.52 Å². The fourth-order valence-corrected chi connectivity index (χ4v) is 3.05. The molecule has 1 atom stereocenters. The van der Waals surface area contributed by atoms with E-state index in [1.807, 2.05) is 4.68 Å². The zero-order chi connectivity index (χ0) is 15.6. The van der Waals surface area contributed by atoms with E-state index in [0.29, 0.717) is 5.92 Å². The topological polar surface area (TPSA) is 76.1 Å². The molecular weight excluding hydrogens is 294 g/mol. The van der Waals surface area contributed by atoms with Crippen molar-refractivity contribution in [3.05, 3.63) is 24.4 Å². The first-order valence-electron chi connectivity index (χ1n) is 8.42. The molecule has 2 fully saturated rings. The molecule has 0 amide bonds. The van der Waals surface area contributed by atoms with E-state index in [9.17, 15) is 0 Å². The Morgan fingerprint density at radius 1 is 1.22 bits per heavy atom. The van der Waals surface area contributed by atoms with Crippen LogP contribution in [-0.2, 0) is 6.54 Å². The quantitative estimate of drug-likeness (QED) is 0.784. The van der Waals surface area contributed by atoms with Crippen LogP contribution in [0.4, 0.5) is 0 Å². The summed E-state index contributed by atoms with van der Waals surface area (Å²) >= 11 is 0. The average Bonchev–Trinajstić information content (AvgIpc) is 3.11. The summed E-state index contributed by atoms with van der Waals surface area (Å²) in [5.41, 5.74) is 0. The fraction of sp³-hybridized carbons (Fsp3) is 0.733. The van der Waals surface area contributed by atoms with Gasteiger partial charge in [-0.05, 0) is 19.8 Å². The first-order chi connectivity index (χ1) is 11.3. The molecule has 0 aromatic carbocycles. The van der Waals surface area contributed by atoms with Crippen LogP contribution < -0.4 is 0 Å². The second-order valence-corrected chi connectivity index (χ2v) is 6.48. The van der Waals surface area contributed by atoms with Crippen molar-refractivity contribution in [2.75, 3.05) is 32.7 Å². The van der Waals surface area contributed by atoms with E-state index < -0.39 is 0 Å². The molecule has 4 rings (SSSR count). The second kappa shape index (κ2) is 6.37. The average molecular weight is 317 g/mol. The Morgan fingerprint density at radius 3 is 2.74 bits per heavy atom. The van der Waals surface area contributed by atoms with Gasteiger partial charge in [0.25, 0.3) is 0 Å². The zero-order valence-corrected chi connectivity index (χ0v) is 13.5. The van der Waals surface area contributed by atoms with Crippen molar-refractivity contribution < 1.29 is 4.52 Å². The first-order valence-corrected chi connectivity index (χ1v) is 8.42. The van der Waals surface area contributed by atoms with Gasteiger partial charge in [0.15, 0.2) is 5.82 Å². The van der Waals surface area contributed by atoms with Crippen molar-refractivity contribution in [2.24, 2.45) is 0 Å². The van der Waals surface area contributed by atoms with Crippen LogP contribution in [0.15, 0.2) is 17.2 Å². The summed E-state index contributed by atoms with van der Waals surface area (Å²) in [4.78, 5) is 13.5. The smallest absolute Gasteiger partial charge is 0.243 e. The highest BCUT2D eigenvalue weighted by atomic mass is 16.5. The highest BCUT2D eigenvalue weighted by Gasteiger charge is 2.31. The molecule has 0 N–H and O–H groups in total. The predicted molar refractivity (Wildman–Crippen MR) is 82.7 cm³/mol. The molecule has 0 spiro atoms. The molecule has 0 bridgehead atoms. The van der Waals surface area contributed by atoms with E-state index in [-0.39, 0.29) is 6.04 Å². The Balaban J connectivity index is 1.26. The van der Waals surface area contributed by atoms with E-state index in [0.717, 1.165) is 51.0 Å². The van der Waals surface area contributed by atoms with Crippen molar-refractivity contribution in [1.82, 2.24) is 34.7 Å². The number of aromatic nitrogens is 5. The third kappa shape index (κ3) is 3.42. The molecule has 8 heteroatoms. The summed E-state index contributed by atoms with van der Waals surface area (Å²) in [6, 6.07) is 0.201. The molecule has 1 aliphatic carbocycles. The molecule has 8 nitrogen and oxygen atoms in total. The van der Waals surface area contributed by atoms with Gasteiger partial charge in [-0.15, -0.1) is 0 Å². The van der Waals surface area contributed by atoms with Crippen LogP contribution in [0.3, 0.4) is 0 Å². The SMILES string of the molecule is CC(c1nc(C2CC2)no1)N1CCN(CCn2cncn2)CC1. The van der Waals surface area contributed by atoms with Crippen LogP contribution in [0.25, 0.3) is 0 Å². The van der Waals surface area contributed by atoms with Crippen LogP contribution in [0.1, 0.15) is 43.4 Å². The predicted octanol–water partition coefficient (Wildman–Crippen LogP) is 0.917. The summed E-state index contributed by atoms with van der Waals surface area (Å²) in [5, 5.41) is 8.27. The molecular formula is C15H23N7O. The number of nitrogens with zero attached hydrogens (tertiary/aromatic N) is 7. The summed E-state index contributed by atoms with van der Waals surface area (Å²) in [7, 11) is 0. The standard InChI is InChI=1S/C15H23N7O/c1-12(15-18-14(19-23-15)13-2-3-13)21-7-4-20(5-8-21)6-9-22-11-16-10-17-22/h10-13H,2-9H2,1H3. The Labute approximate surface area is 135 Å². The maximum Gasteiger partial charge on any atom is 0.243 e. The molecule has 1 saturated carbocycles. The van der Waals surface area contributed by atoms with Crippen molar-refractivity contribution in [2.45, 2.75) is 38.3 Å². The molecule has 0 radical (unpaired) electrons. The Bertz CT molecular complexity index is 614. The molecule has 2 aliphatic rings. The summed E-state index contributed by atoms with van der Waals surface area (Å²) in [6.07, 6.45) is 5.76.